The molecule has 93 valence electrons. The molecule has 2 aromatic carbocycles. The summed E-state index contributed by atoms with van der Waals surface area (Å²) >= 11 is 0. The lowest BCUT2D eigenvalue weighted by Crippen LogP contribution is -1.85. The number of carbonyl (C=O) groups excluding carboxylic acids is 1. The third-order valence-electron chi connectivity index (χ3n) is 2.35. The Hall–Kier alpha value is -2.89. The number of azo groups is 1. The minimum atomic E-state index is -0.489. The lowest BCUT2D eigenvalue weighted by atomic mass is 10.2. The lowest BCUT2D eigenvalue weighted by Gasteiger charge is -1.96. The molecule has 0 N–H and O–H groups in total. The molecular weight excluding hydrogens is 246 g/mol. The molecule has 6 nitrogen and oxygen atoms in total. The van der Waals surface area contributed by atoms with E-state index in [4.69, 9.17) is 0 Å². The van der Waals surface area contributed by atoms with Crippen LogP contribution in [0.3, 0.4) is 0 Å². The zero-order chi connectivity index (χ0) is 13.7. The predicted octanol–water partition coefficient (Wildman–Crippen LogP) is 3.47. The molecule has 0 aliphatic rings. The van der Waals surface area contributed by atoms with Gasteiger partial charge < -0.3 is 0 Å². The van der Waals surface area contributed by atoms with Gasteiger partial charge in [-0.3, -0.25) is 14.9 Å². The molecule has 0 aromatic heterocycles. The van der Waals surface area contributed by atoms with E-state index in [1.807, 2.05) is 0 Å². The van der Waals surface area contributed by atoms with E-state index in [2.05, 4.69) is 10.2 Å². The topological polar surface area (TPSA) is 84.9 Å². The Morgan fingerprint density at radius 1 is 1.00 bits per heavy atom. The molecule has 0 aliphatic carbocycles. The summed E-state index contributed by atoms with van der Waals surface area (Å²) in [7, 11) is 0. The molecule has 19 heavy (non-hydrogen) atoms. The Labute approximate surface area is 108 Å². The van der Waals surface area contributed by atoms with Gasteiger partial charge in [0.25, 0.3) is 5.69 Å². The summed E-state index contributed by atoms with van der Waals surface area (Å²) in [6.45, 7) is 0. The van der Waals surface area contributed by atoms with Crippen LogP contribution in [-0.2, 0) is 4.79 Å². The van der Waals surface area contributed by atoms with E-state index in [0.717, 1.165) is 0 Å². The molecule has 0 saturated carbocycles. The average molecular weight is 254 g/mol. The van der Waals surface area contributed by atoms with Crippen LogP contribution in [-0.4, -0.2) is 11.2 Å². The fraction of sp³-hybridized carbons (Fsp3) is 0. The molecular formula is C13H8N3O3. The second kappa shape index (κ2) is 5.63. The highest BCUT2D eigenvalue weighted by Crippen LogP contribution is 2.22. The van der Waals surface area contributed by atoms with Crippen LogP contribution in [0.15, 0.2) is 58.8 Å². The van der Waals surface area contributed by atoms with Gasteiger partial charge in [-0.25, -0.2) is 0 Å². The SMILES string of the molecule is O=[C]c1ccccc1N=Nc1ccc([N+](=O)[O-])cc1. The minimum Gasteiger partial charge on any atom is -0.285 e. The van der Waals surface area contributed by atoms with Crippen molar-refractivity contribution >= 4 is 23.3 Å². The van der Waals surface area contributed by atoms with Crippen molar-refractivity contribution in [2.45, 2.75) is 0 Å². The van der Waals surface area contributed by atoms with Gasteiger partial charge in [-0.15, -0.1) is 5.11 Å². The van der Waals surface area contributed by atoms with Crippen molar-refractivity contribution in [1.82, 2.24) is 0 Å². The summed E-state index contributed by atoms with van der Waals surface area (Å²) < 4.78 is 0. The molecule has 0 saturated heterocycles. The second-order valence-electron chi connectivity index (χ2n) is 3.59. The van der Waals surface area contributed by atoms with Gasteiger partial charge in [0.2, 0.25) is 6.29 Å². The fourth-order valence-corrected chi connectivity index (χ4v) is 1.40. The van der Waals surface area contributed by atoms with E-state index in [-0.39, 0.29) is 5.69 Å². The number of non-ortho nitro benzene ring substituents is 1. The summed E-state index contributed by atoms with van der Waals surface area (Å²) in [5, 5.41) is 18.3. The molecule has 0 atom stereocenters. The lowest BCUT2D eigenvalue weighted by molar-refractivity contribution is -0.384. The third kappa shape index (κ3) is 3.06. The van der Waals surface area contributed by atoms with Gasteiger partial charge in [0.15, 0.2) is 0 Å². The number of nitrogens with zero attached hydrogens (tertiary/aromatic N) is 3. The highest BCUT2D eigenvalue weighted by Gasteiger charge is 2.03. The van der Waals surface area contributed by atoms with Crippen molar-refractivity contribution in [1.29, 1.82) is 0 Å². The number of rotatable bonds is 4. The largest absolute Gasteiger partial charge is 0.285 e. The molecule has 0 spiro atoms. The van der Waals surface area contributed by atoms with Crippen molar-refractivity contribution in [3.05, 3.63) is 64.2 Å². The van der Waals surface area contributed by atoms with E-state index in [9.17, 15) is 14.9 Å². The zero-order valence-corrected chi connectivity index (χ0v) is 9.69. The van der Waals surface area contributed by atoms with Crippen LogP contribution in [0.1, 0.15) is 5.56 Å². The normalized spacial score (nSPS) is 10.5. The van der Waals surface area contributed by atoms with Gasteiger partial charge in [0, 0.05) is 12.1 Å². The van der Waals surface area contributed by atoms with Crippen LogP contribution >= 0.6 is 0 Å². The zero-order valence-electron chi connectivity index (χ0n) is 9.69. The van der Waals surface area contributed by atoms with Crippen molar-refractivity contribution in [2.24, 2.45) is 10.2 Å². The van der Waals surface area contributed by atoms with Crippen molar-refractivity contribution in [2.75, 3.05) is 0 Å². The fourth-order valence-electron chi connectivity index (χ4n) is 1.40. The van der Waals surface area contributed by atoms with Crippen LogP contribution in [0.4, 0.5) is 17.1 Å². The molecule has 2 aromatic rings. The Morgan fingerprint density at radius 2 is 1.68 bits per heavy atom. The average Bonchev–Trinajstić information content (AvgIpc) is 2.45. The summed E-state index contributed by atoms with van der Waals surface area (Å²) in [6.07, 6.45) is 1.76. The van der Waals surface area contributed by atoms with E-state index in [0.29, 0.717) is 16.9 Å². The van der Waals surface area contributed by atoms with Crippen LogP contribution in [0, 0.1) is 10.1 Å². The van der Waals surface area contributed by atoms with Crippen LogP contribution < -0.4 is 0 Å². The summed E-state index contributed by atoms with van der Waals surface area (Å²) in [4.78, 5) is 20.7. The molecule has 6 heteroatoms. The Balaban J connectivity index is 2.22. The molecule has 2 rings (SSSR count). The van der Waals surface area contributed by atoms with E-state index in [1.165, 1.54) is 24.3 Å². The van der Waals surface area contributed by atoms with Crippen molar-refractivity contribution in [3.8, 4) is 0 Å². The minimum absolute atomic E-state index is 0.0134. The maximum Gasteiger partial charge on any atom is 0.269 e. The Bertz CT molecular complexity index is 636. The first-order chi connectivity index (χ1) is 9.20. The van der Waals surface area contributed by atoms with Gasteiger partial charge in [-0.05, 0) is 24.3 Å². The number of benzene rings is 2. The number of hydrogen-bond acceptors (Lipinski definition) is 5. The molecule has 0 fully saturated rings. The maximum atomic E-state index is 10.7. The smallest absolute Gasteiger partial charge is 0.269 e. The Morgan fingerprint density at radius 3 is 2.32 bits per heavy atom. The highest BCUT2D eigenvalue weighted by atomic mass is 16.6. The quantitative estimate of drug-likeness (QED) is 0.475. The highest BCUT2D eigenvalue weighted by molar-refractivity contribution is 5.82. The Kier molecular flexibility index (Phi) is 3.72. The van der Waals surface area contributed by atoms with Crippen LogP contribution in [0.5, 0.6) is 0 Å². The first-order valence-electron chi connectivity index (χ1n) is 5.34. The molecule has 0 amide bonds. The van der Waals surface area contributed by atoms with Crippen molar-refractivity contribution < 1.29 is 9.72 Å². The van der Waals surface area contributed by atoms with Gasteiger partial charge in [-0.1, -0.05) is 12.1 Å². The standard InChI is InChI=1S/C13H8N3O3/c17-9-10-3-1-2-4-13(10)15-14-11-5-7-12(8-6-11)16(18)19/h1-8H. The van der Waals surface area contributed by atoms with Crippen molar-refractivity contribution in [3.63, 3.8) is 0 Å². The third-order valence-corrected chi connectivity index (χ3v) is 2.35. The molecule has 0 heterocycles. The van der Waals surface area contributed by atoms with E-state index < -0.39 is 4.92 Å². The van der Waals surface area contributed by atoms with Gasteiger partial charge in [0.05, 0.1) is 21.9 Å². The van der Waals surface area contributed by atoms with E-state index >= 15 is 0 Å². The number of hydrogen-bond donors (Lipinski definition) is 0. The number of nitro groups is 1. The van der Waals surface area contributed by atoms with Gasteiger partial charge in [-0.2, -0.15) is 5.11 Å². The second-order valence-corrected chi connectivity index (χ2v) is 3.59. The summed E-state index contributed by atoms with van der Waals surface area (Å²) in [6, 6.07) is 12.3. The van der Waals surface area contributed by atoms with Gasteiger partial charge >= 0.3 is 0 Å². The summed E-state index contributed by atoms with van der Waals surface area (Å²) in [5.41, 5.74) is 1.16. The number of nitro benzene ring substituents is 1. The molecule has 0 aliphatic heterocycles. The monoisotopic (exact) mass is 254 g/mol. The molecule has 0 bridgehead atoms. The molecule has 1 radical (unpaired) electrons. The first-order valence-corrected chi connectivity index (χ1v) is 5.34. The van der Waals surface area contributed by atoms with Gasteiger partial charge in [0.1, 0.15) is 0 Å². The van der Waals surface area contributed by atoms with Crippen LogP contribution in [0.2, 0.25) is 0 Å². The maximum absolute atomic E-state index is 10.7. The predicted molar refractivity (Wildman–Crippen MR) is 68.5 cm³/mol. The first kappa shape index (κ1) is 12.6. The van der Waals surface area contributed by atoms with Crippen LogP contribution in [0.25, 0.3) is 0 Å². The summed E-state index contributed by atoms with van der Waals surface area (Å²) in [5.74, 6) is 0. The molecule has 0 unspecified atom stereocenters. The van der Waals surface area contributed by atoms with E-state index in [1.54, 1.807) is 30.6 Å².